The van der Waals surface area contributed by atoms with Crippen LogP contribution in [-0.2, 0) is 0 Å². The van der Waals surface area contributed by atoms with E-state index in [9.17, 15) is 5.11 Å². The van der Waals surface area contributed by atoms with Crippen LogP contribution in [0.5, 0.6) is 0 Å². The number of aliphatic hydroxyl groups excluding tert-OH is 1. The van der Waals surface area contributed by atoms with Crippen molar-refractivity contribution < 1.29 is 5.11 Å². The van der Waals surface area contributed by atoms with Crippen molar-refractivity contribution in [2.45, 2.75) is 52.3 Å². The monoisotopic (exact) mass is 240 g/mol. The summed E-state index contributed by atoms with van der Waals surface area (Å²) in [6.07, 6.45) is 2.59. The summed E-state index contributed by atoms with van der Waals surface area (Å²) in [6.45, 7) is 8.43. The smallest absolute Gasteiger partial charge is 0.109 e. The van der Waals surface area contributed by atoms with Gasteiger partial charge in [-0.25, -0.2) is 4.98 Å². The van der Waals surface area contributed by atoms with Gasteiger partial charge in [-0.1, -0.05) is 13.8 Å². The van der Waals surface area contributed by atoms with Gasteiger partial charge in [0, 0.05) is 22.5 Å². The minimum Gasteiger partial charge on any atom is -0.392 e. The van der Waals surface area contributed by atoms with Crippen LogP contribution in [0.25, 0.3) is 0 Å². The molecule has 1 fully saturated rings. The third-order valence-corrected chi connectivity index (χ3v) is 4.77. The average molecular weight is 240 g/mol. The first-order chi connectivity index (χ1) is 7.41. The van der Waals surface area contributed by atoms with E-state index in [2.05, 4.69) is 38.0 Å². The first kappa shape index (κ1) is 12.0. The molecule has 4 heteroatoms. The largest absolute Gasteiger partial charge is 0.392 e. The molecule has 0 amide bonds. The topological polar surface area (TPSA) is 45.2 Å². The summed E-state index contributed by atoms with van der Waals surface area (Å²) in [5.74, 6) is 0. The Morgan fingerprint density at radius 2 is 2.31 bits per heavy atom. The molecule has 2 N–H and O–H groups in total. The molecule has 3 nitrogen and oxygen atoms in total. The lowest BCUT2D eigenvalue weighted by Crippen LogP contribution is -2.60. The highest BCUT2D eigenvalue weighted by molar-refractivity contribution is 7.11. The molecular weight excluding hydrogens is 220 g/mol. The number of nitrogens with zero attached hydrogens (tertiary/aromatic N) is 1. The third-order valence-electron chi connectivity index (χ3n) is 3.68. The number of aryl methyl sites for hydroxylation is 1. The second kappa shape index (κ2) is 4.09. The SMILES string of the molecule is Cc1cnc(C(C)NC2CC(O)C2(C)C)s1. The lowest BCUT2D eigenvalue weighted by molar-refractivity contribution is -0.0754. The second-order valence-corrected chi connectivity index (χ2v) is 6.59. The molecule has 0 radical (unpaired) electrons. The van der Waals surface area contributed by atoms with Gasteiger partial charge in [0.1, 0.15) is 5.01 Å². The Morgan fingerprint density at radius 1 is 1.62 bits per heavy atom. The molecule has 1 heterocycles. The summed E-state index contributed by atoms with van der Waals surface area (Å²) in [5.41, 5.74) is -0.0133. The molecule has 0 aliphatic heterocycles. The van der Waals surface area contributed by atoms with Crippen molar-refractivity contribution in [1.29, 1.82) is 0 Å². The van der Waals surface area contributed by atoms with Gasteiger partial charge in [-0.2, -0.15) is 0 Å². The fourth-order valence-electron chi connectivity index (χ4n) is 2.13. The van der Waals surface area contributed by atoms with Crippen molar-refractivity contribution in [2.24, 2.45) is 5.41 Å². The lowest BCUT2D eigenvalue weighted by atomic mass is 9.64. The molecule has 90 valence electrons. The maximum Gasteiger partial charge on any atom is 0.109 e. The molecule has 2 rings (SSSR count). The number of aromatic nitrogens is 1. The summed E-state index contributed by atoms with van der Waals surface area (Å²) in [6, 6.07) is 0.664. The van der Waals surface area contributed by atoms with Crippen molar-refractivity contribution in [3.05, 3.63) is 16.1 Å². The number of hydrogen-bond acceptors (Lipinski definition) is 4. The zero-order valence-corrected chi connectivity index (χ0v) is 11.1. The minimum absolute atomic E-state index is 0.0133. The lowest BCUT2D eigenvalue weighted by Gasteiger charge is -2.50. The Balaban J connectivity index is 1.96. The number of rotatable bonds is 3. The molecule has 1 aromatic heterocycles. The van der Waals surface area contributed by atoms with Gasteiger partial charge >= 0.3 is 0 Å². The normalized spacial score (nSPS) is 29.8. The molecule has 1 aromatic rings. The van der Waals surface area contributed by atoms with Gasteiger partial charge in [-0.15, -0.1) is 11.3 Å². The predicted octanol–water partition coefficient (Wildman–Crippen LogP) is 2.26. The summed E-state index contributed by atoms with van der Waals surface area (Å²) in [7, 11) is 0. The van der Waals surface area contributed by atoms with E-state index in [0.717, 1.165) is 11.4 Å². The number of aliphatic hydroxyl groups is 1. The Hall–Kier alpha value is -0.450. The van der Waals surface area contributed by atoms with Gasteiger partial charge in [-0.05, 0) is 20.3 Å². The van der Waals surface area contributed by atoms with Crippen LogP contribution in [-0.4, -0.2) is 22.2 Å². The van der Waals surface area contributed by atoms with Crippen molar-refractivity contribution in [3.8, 4) is 0 Å². The number of thiazole rings is 1. The van der Waals surface area contributed by atoms with Crippen molar-refractivity contribution >= 4 is 11.3 Å². The molecule has 1 aliphatic rings. The molecular formula is C12H20N2OS. The van der Waals surface area contributed by atoms with Crippen LogP contribution in [0.4, 0.5) is 0 Å². The van der Waals surface area contributed by atoms with Crippen LogP contribution >= 0.6 is 11.3 Å². The van der Waals surface area contributed by atoms with Gasteiger partial charge in [0.2, 0.25) is 0 Å². The average Bonchev–Trinajstić information content (AvgIpc) is 2.64. The molecule has 1 saturated carbocycles. The van der Waals surface area contributed by atoms with Gasteiger partial charge in [0.25, 0.3) is 0 Å². The first-order valence-corrected chi connectivity index (χ1v) is 6.59. The molecule has 16 heavy (non-hydrogen) atoms. The summed E-state index contributed by atoms with van der Waals surface area (Å²) >= 11 is 1.74. The van der Waals surface area contributed by atoms with E-state index in [-0.39, 0.29) is 17.6 Å². The van der Waals surface area contributed by atoms with Gasteiger partial charge in [0.15, 0.2) is 0 Å². The Bertz CT molecular complexity index is 375. The van der Waals surface area contributed by atoms with Crippen LogP contribution in [0.15, 0.2) is 6.20 Å². The standard InChI is InChI=1S/C12H20N2OS/c1-7-6-13-11(16-7)8(2)14-9-5-10(15)12(9,3)4/h6,8-10,14-15H,5H2,1-4H3. The van der Waals surface area contributed by atoms with Crippen LogP contribution in [0.1, 0.15) is 43.1 Å². The Labute approximate surface area is 101 Å². The van der Waals surface area contributed by atoms with Crippen LogP contribution in [0.3, 0.4) is 0 Å². The zero-order chi connectivity index (χ0) is 11.9. The zero-order valence-electron chi connectivity index (χ0n) is 10.3. The Morgan fingerprint density at radius 3 is 2.75 bits per heavy atom. The van der Waals surface area contributed by atoms with Crippen LogP contribution in [0, 0.1) is 12.3 Å². The summed E-state index contributed by atoms with van der Waals surface area (Å²) in [5, 5.41) is 14.4. The molecule has 3 atom stereocenters. The minimum atomic E-state index is -0.171. The fraction of sp³-hybridized carbons (Fsp3) is 0.750. The second-order valence-electron chi connectivity index (χ2n) is 5.32. The molecule has 3 unspecified atom stereocenters. The molecule has 0 bridgehead atoms. The van der Waals surface area contributed by atoms with Crippen molar-refractivity contribution in [1.82, 2.24) is 10.3 Å². The molecule has 0 saturated heterocycles. The van der Waals surface area contributed by atoms with E-state index in [1.54, 1.807) is 11.3 Å². The van der Waals surface area contributed by atoms with E-state index >= 15 is 0 Å². The van der Waals surface area contributed by atoms with Gasteiger partial charge in [0.05, 0.1) is 12.1 Å². The van der Waals surface area contributed by atoms with E-state index in [4.69, 9.17) is 0 Å². The first-order valence-electron chi connectivity index (χ1n) is 5.77. The molecule has 0 spiro atoms. The summed E-state index contributed by atoms with van der Waals surface area (Å²) < 4.78 is 0. The third kappa shape index (κ3) is 2.01. The van der Waals surface area contributed by atoms with E-state index in [1.165, 1.54) is 4.88 Å². The molecule has 0 aromatic carbocycles. The van der Waals surface area contributed by atoms with Crippen LogP contribution in [0.2, 0.25) is 0 Å². The number of hydrogen-bond donors (Lipinski definition) is 2. The van der Waals surface area contributed by atoms with Crippen molar-refractivity contribution in [3.63, 3.8) is 0 Å². The summed E-state index contributed by atoms with van der Waals surface area (Å²) in [4.78, 5) is 5.63. The predicted molar refractivity (Wildman–Crippen MR) is 66.6 cm³/mol. The highest BCUT2D eigenvalue weighted by Gasteiger charge is 2.47. The van der Waals surface area contributed by atoms with Crippen LogP contribution < -0.4 is 5.32 Å². The van der Waals surface area contributed by atoms with Gasteiger partial charge < -0.3 is 10.4 Å². The number of nitrogens with one attached hydrogen (secondary N) is 1. The molecule has 1 aliphatic carbocycles. The van der Waals surface area contributed by atoms with Gasteiger partial charge in [-0.3, -0.25) is 0 Å². The van der Waals surface area contributed by atoms with Crippen molar-refractivity contribution in [2.75, 3.05) is 0 Å². The van der Waals surface area contributed by atoms with E-state index in [0.29, 0.717) is 6.04 Å². The fourth-order valence-corrected chi connectivity index (χ4v) is 2.92. The quantitative estimate of drug-likeness (QED) is 0.852. The maximum atomic E-state index is 9.68. The highest BCUT2D eigenvalue weighted by Crippen LogP contribution is 2.41. The van der Waals surface area contributed by atoms with E-state index < -0.39 is 0 Å². The highest BCUT2D eigenvalue weighted by atomic mass is 32.1. The Kier molecular flexibility index (Phi) is 3.07. The van der Waals surface area contributed by atoms with E-state index in [1.807, 2.05) is 6.20 Å². The maximum absolute atomic E-state index is 9.68.